The Morgan fingerprint density at radius 3 is 2.23 bits per heavy atom. The molecule has 3 aromatic rings. The van der Waals surface area contributed by atoms with Gasteiger partial charge in [-0.2, -0.15) is 5.26 Å². The van der Waals surface area contributed by atoms with E-state index in [9.17, 15) is 14.9 Å². The van der Waals surface area contributed by atoms with Crippen LogP contribution in [0.25, 0.3) is 0 Å². The van der Waals surface area contributed by atoms with E-state index in [2.05, 4.69) is 6.07 Å². The van der Waals surface area contributed by atoms with Gasteiger partial charge in [-0.3, -0.25) is 0 Å². The number of ether oxygens (including phenoxy) is 3. The van der Waals surface area contributed by atoms with Gasteiger partial charge in [0.15, 0.2) is 11.5 Å². The summed E-state index contributed by atoms with van der Waals surface area (Å²) in [5, 5.41) is 12.1. The van der Waals surface area contributed by atoms with Crippen LogP contribution in [0, 0.1) is 16.7 Å². The van der Waals surface area contributed by atoms with Crippen LogP contribution in [0.1, 0.15) is 49.8 Å². The number of likely N-dealkylation sites (tertiary alicyclic amines) is 1. The Kier molecular flexibility index (Phi) is 10.0. The van der Waals surface area contributed by atoms with Gasteiger partial charge in [-0.1, -0.05) is 74.3 Å². The molecule has 0 unspecified atom stereocenters. The molecule has 0 aliphatic carbocycles. The molecule has 0 aromatic heterocycles. The number of urea groups is 1. The van der Waals surface area contributed by atoms with Crippen molar-refractivity contribution in [1.82, 2.24) is 4.90 Å². The highest BCUT2D eigenvalue weighted by Crippen LogP contribution is 2.55. The Morgan fingerprint density at radius 2 is 1.66 bits per heavy atom. The number of methoxy groups -OCH3 is 2. The van der Waals surface area contributed by atoms with Crippen LogP contribution in [-0.4, -0.2) is 49.8 Å². The number of carbonyl (C=O) groups is 2. The average molecular weight is 639 g/mol. The molecule has 10 heteroatoms. The number of hydrogen-bond donors (Lipinski definition) is 1. The van der Waals surface area contributed by atoms with Gasteiger partial charge < -0.3 is 24.8 Å². The first-order chi connectivity index (χ1) is 20.9. The van der Waals surface area contributed by atoms with Gasteiger partial charge >= 0.3 is 12.0 Å². The normalized spacial score (nSPS) is 21.4. The van der Waals surface area contributed by atoms with Crippen molar-refractivity contribution in [1.29, 1.82) is 5.26 Å². The third-order valence-corrected chi connectivity index (χ3v) is 8.55. The van der Waals surface area contributed by atoms with E-state index >= 15 is 0 Å². The lowest BCUT2D eigenvalue weighted by Crippen LogP contribution is -2.52. The Balaban J connectivity index is 1.83. The molecule has 232 valence electrons. The topological polar surface area (TPSA) is 115 Å². The number of amides is 2. The molecule has 1 heterocycles. The molecular weight excluding hydrogens is 601 g/mol. The van der Waals surface area contributed by atoms with Gasteiger partial charge in [-0.05, 0) is 64.9 Å². The first-order valence-electron chi connectivity index (χ1n) is 14.2. The average Bonchev–Trinajstić information content (AvgIpc) is 3.27. The number of nitrogens with zero attached hydrogens (tertiary/aromatic N) is 2. The van der Waals surface area contributed by atoms with Gasteiger partial charge in [0.1, 0.15) is 11.5 Å². The molecule has 2 amide bonds. The maximum Gasteiger partial charge on any atom is 0.329 e. The fourth-order valence-electron chi connectivity index (χ4n) is 6.25. The summed E-state index contributed by atoms with van der Waals surface area (Å²) in [4.78, 5) is 28.8. The monoisotopic (exact) mass is 637 g/mol. The highest BCUT2D eigenvalue weighted by Gasteiger charge is 2.65. The number of halogens is 2. The summed E-state index contributed by atoms with van der Waals surface area (Å²) in [7, 11) is 3.10. The lowest BCUT2D eigenvalue weighted by atomic mass is 9.63. The zero-order chi connectivity index (χ0) is 32.2. The molecule has 0 spiro atoms. The molecule has 2 N–H and O–H groups in total. The summed E-state index contributed by atoms with van der Waals surface area (Å²) in [5.74, 6) is -0.388. The van der Waals surface area contributed by atoms with E-state index in [0.717, 1.165) is 5.56 Å². The lowest BCUT2D eigenvalue weighted by molar-refractivity contribution is -0.148. The molecule has 0 bridgehead atoms. The highest BCUT2D eigenvalue weighted by molar-refractivity contribution is 6.30. The van der Waals surface area contributed by atoms with Gasteiger partial charge in [0.2, 0.25) is 0 Å². The summed E-state index contributed by atoms with van der Waals surface area (Å²) in [5.41, 5.74) is 6.39. The first kappa shape index (κ1) is 33.0. The largest absolute Gasteiger partial charge is 0.493 e. The van der Waals surface area contributed by atoms with Gasteiger partial charge in [0, 0.05) is 22.4 Å². The molecule has 1 aliphatic heterocycles. The van der Waals surface area contributed by atoms with E-state index < -0.39 is 35.4 Å². The number of carbonyl (C=O) groups excluding carboxylic acids is 2. The van der Waals surface area contributed by atoms with Crippen LogP contribution in [-0.2, 0) is 21.4 Å². The van der Waals surface area contributed by atoms with Crippen molar-refractivity contribution in [2.24, 2.45) is 11.1 Å². The minimum absolute atomic E-state index is 0.0180. The van der Waals surface area contributed by atoms with Crippen molar-refractivity contribution in [3.63, 3.8) is 0 Å². The molecule has 1 saturated heterocycles. The molecule has 3 aromatic carbocycles. The molecule has 44 heavy (non-hydrogen) atoms. The van der Waals surface area contributed by atoms with E-state index in [1.807, 2.05) is 32.9 Å². The Morgan fingerprint density at radius 1 is 0.977 bits per heavy atom. The van der Waals surface area contributed by atoms with E-state index in [1.54, 1.807) is 68.8 Å². The number of hydrogen-bond acceptors (Lipinski definition) is 6. The van der Waals surface area contributed by atoms with Crippen LogP contribution < -0.4 is 15.2 Å². The lowest BCUT2D eigenvalue weighted by Gasteiger charge is -2.38. The van der Waals surface area contributed by atoms with Crippen molar-refractivity contribution in [2.75, 3.05) is 20.8 Å². The Hall–Kier alpha value is -3.93. The molecular formula is C34H37Cl2N3O5. The van der Waals surface area contributed by atoms with Crippen LogP contribution in [0.5, 0.6) is 11.5 Å². The number of nitriles is 1. The summed E-state index contributed by atoms with van der Waals surface area (Å²) in [6.07, 6.45) is 0.752. The third-order valence-electron chi connectivity index (χ3n) is 8.07. The third kappa shape index (κ3) is 6.59. The minimum Gasteiger partial charge on any atom is -0.493 e. The summed E-state index contributed by atoms with van der Waals surface area (Å²) >= 11 is 12.7. The molecule has 0 radical (unpaired) electrons. The molecule has 4 rings (SSSR count). The van der Waals surface area contributed by atoms with Crippen LogP contribution in [0.2, 0.25) is 10.0 Å². The number of nitrogens with two attached hydrogens (primary N) is 1. The standard InChI is InChI=1S/C34H37Cl2N3O5/c1-33(2,3)19-28-34(20-37,23-10-12-24(35)13-11-23)29(22-7-6-8-25(36)18-22)30(39(28)32(38)41)31(40)44-16-15-21-9-14-26(42-4)27(17-21)43-5/h6-14,17-18,28-30H,15-16,19H2,1-5H3,(H2,38,41)/t28-,29-,30+,34-/m0/s1. The predicted octanol–water partition coefficient (Wildman–Crippen LogP) is 6.91. The molecule has 8 nitrogen and oxygen atoms in total. The van der Waals surface area contributed by atoms with Crippen LogP contribution in [0.15, 0.2) is 66.7 Å². The fraction of sp³-hybridized carbons (Fsp3) is 0.382. The second kappa shape index (κ2) is 13.4. The fourth-order valence-corrected chi connectivity index (χ4v) is 6.58. The highest BCUT2D eigenvalue weighted by atomic mass is 35.5. The number of rotatable bonds is 9. The maximum absolute atomic E-state index is 14.2. The predicted molar refractivity (Wildman–Crippen MR) is 170 cm³/mol. The summed E-state index contributed by atoms with van der Waals surface area (Å²) < 4.78 is 16.6. The molecule has 0 saturated carbocycles. The SMILES string of the molecule is COc1ccc(CCOC(=O)[C@H]2[C@H](c3cccc(Cl)c3)[C@@](C#N)(c3ccc(Cl)cc3)[C@H](CC(C)(C)C)N2C(N)=O)cc1OC. The first-order valence-corrected chi connectivity index (χ1v) is 15.0. The smallest absolute Gasteiger partial charge is 0.329 e. The maximum atomic E-state index is 14.2. The van der Waals surface area contributed by atoms with Crippen LogP contribution >= 0.6 is 23.2 Å². The van der Waals surface area contributed by atoms with Crippen molar-refractivity contribution in [2.45, 2.75) is 57.0 Å². The zero-order valence-corrected chi connectivity index (χ0v) is 27.0. The Bertz CT molecular complexity index is 1550. The summed E-state index contributed by atoms with van der Waals surface area (Å²) in [6, 6.07) is 19.1. The van der Waals surface area contributed by atoms with Crippen molar-refractivity contribution >= 4 is 35.2 Å². The molecule has 1 aliphatic rings. The summed E-state index contributed by atoms with van der Waals surface area (Å²) in [6.45, 7) is 6.06. The molecule has 1 fully saturated rings. The van der Waals surface area contributed by atoms with E-state index in [1.165, 1.54) is 4.90 Å². The van der Waals surface area contributed by atoms with E-state index in [0.29, 0.717) is 45.5 Å². The van der Waals surface area contributed by atoms with Gasteiger partial charge in [-0.25, -0.2) is 9.59 Å². The van der Waals surface area contributed by atoms with Crippen molar-refractivity contribution in [3.8, 4) is 17.6 Å². The second-order valence-corrected chi connectivity index (χ2v) is 13.0. The molecule has 4 atom stereocenters. The van der Waals surface area contributed by atoms with Crippen molar-refractivity contribution < 1.29 is 23.8 Å². The van der Waals surface area contributed by atoms with E-state index in [4.69, 9.17) is 43.1 Å². The second-order valence-electron chi connectivity index (χ2n) is 12.1. The number of primary amides is 1. The van der Waals surface area contributed by atoms with Crippen molar-refractivity contribution in [3.05, 3.63) is 93.5 Å². The van der Waals surface area contributed by atoms with E-state index in [-0.39, 0.29) is 12.0 Å². The van der Waals surface area contributed by atoms with Gasteiger partial charge in [0.05, 0.1) is 32.9 Å². The number of benzene rings is 3. The number of esters is 1. The minimum atomic E-state index is -1.40. The van der Waals surface area contributed by atoms with Gasteiger partial charge in [-0.15, -0.1) is 0 Å². The van der Waals surface area contributed by atoms with Crippen LogP contribution in [0.3, 0.4) is 0 Å². The zero-order valence-electron chi connectivity index (χ0n) is 25.5. The Labute approximate surface area is 268 Å². The van der Waals surface area contributed by atoms with Crippen LogP contribution in [0.4, 0.5) is 4.79 Å². The quantitative estimate of drug-likeness (QED) is 0.255. The van der Waals surface area contributed by atoms with Gasteiger partial charge in [0.25, 0.3) is 0 Å².